The Morgan fingerprint density at radius 3 is 2.50 bits per heavy atom. The van der Waals surface area contributed by atoms with Gasteiger partial charge in [0.25, 0.3) is 0 Å². The van der Waals surface area contributed by atoms with Crippen LogP contribution < -0.4 is 0 Å². The van der Waals surface area contributed by atoms with Gasteiger partial charge in [0, 0.05) is 0 Å². The van der Waals surface area contributed by atoms with Crippen molar-refractivity contribution in [2.24, 2.45) is 5.41 Å². The lowest BCUT2D eigenvalue weighted by Crippen LogP contribution is -2.54. The third kappa shape index (κ3) is 3.65. The molecule has 2 unspecified atom stereocenters. The first kappa shape index (κ1) is 18.9. The van der Waals surface area contributed by atoms with Crippen LogP contribution >= 0.6 is 0 Å². The molecule has 1 saturated carbocycles. The van der Waals surface area contributed by atoms with Gasteiger partial charge in [0.2, 0.25) is 0 Å². The molecule has 134 valence electrons. The first-order valence-corrected chi connectivity index (χ1v) is 9.06. The Bertz CT molecular complexity index is 531. The zero-order chi connectivity index (χ0) is 17.6. The van der Waals surface area contributed by atoms with E-state index in [-0.39, 0.29) is 5.97 Å². The number of carbonyl (C=O) groups is 1. The molecule has 1 fully saturated rings. The molecule has 1 aromatic carbocycles. The van der Waals surface area contributed by atoms with Crippen LogP contribution in [0, 0.1) is 5.41 Å². The van der Waals surface area contributed by atoms with Crippen LogP contribution in [-0.2, 0) is 15.1 Å². The number of hydrogen-bond donors (Lipinski definition) is 1. The highest BCUT2D eigenvalue weighted by atomic mass is 16.5. The zero-order valence-corrected chi connectivity index (χ0v) is 15.3. The van der Waals surface area contributed by atoms with Crippen LogP contribution in [-0.4, -0.2) is 43.2 Å². The first-order chi connectivity index (χ1) is 11.5. The molecule has 0 amide bonds. The van der Waals surface area contributed by atoms with Crippen LogP contribution in [0.5, 0.6) is 0 Å². The molecule has 4 heteroatoms. The molecule has 2 rings (SSSR count). The normalized spacial score (nSPS) is 27.2. The van der Waals surface area contributed by atoms with Gasteiger partial charge in [0.05, 0.1) is 6.61 Å². The summed E-state index contributed by atoms with van der Waals surface area (Å²) in [6.45, 7) is 3.07. The Balaban J connectivity index is 2.41. The van der Waals surface area contributed by atoms with E-state index in [4.69, 9.17) is 4.74 Å². The Labute approximate surface area is 145 Å². The van der Waals surface area contributed by atoms with Crippen molar-refractivity contribution in [3.05, 3.63) is 35.9 Å². The van der Waals surface area contributed by atoms with E-state index in [9.17, 15) is 9.90 Å². The minimum Gasteiger partial charge on any atom is -0.465 e. The lowest BCUT2D eigenvalue weighted by atomic mass is 9.58. The lowest BCUT2D eigenvalue weighted by Gasteiger charge is -2.49. The largest absolute Gasteiger partial charge is 0.465 e. The molecule has 0 heterocycles. The van der Waals surface area contributed by atoms with Gasteiger partial charge in [-0.2, -0.15) is 0 Å². The minimum atomic E-state index is -1.15. The van der Waals surface area contributed by atoms with Crippen LogP contribution in [0.3, 0.4) is 0 Å². The quantitative estimate of drug-likeness (QED) is 0.778. The number of rotatable bonds is 7. The Kier molecular flexibility index (Phi) is 6.41. The molecule has 1 aliphatic carbocycles. The van der Waals surface area contributed by atoms with E-state index in [0.29, 0.717) is 25.9 Å². The second-order valence-electron chi connectivity index (χ2n) is 7.14. The number of aliphatic hydroxyl groups is 1. The molecule has 1 aliphatic rings. The van der Waals surface area contributed by atoms with E-state index in [2.05, 4.69) is 4.90 Å². The predicted octanol–water partition coefficient (Wildman–Crippen LogP) is 3.34. The predicted molar refractivity (Wildman–Crippen MR) is 95.7 cm³/mol. The van der Waals surface area contributed by atoms with Crippen molar-refractivity contribution in [3.63, 3.8) is 0 Å². The van der Waals surface area contributed by atoms with Crippen LogP contribution in [0.4, 0.5) is 0 Å². The number of benzene rings is 1. The minimum absolute atomic E-state index is 0.241. The van der Waals surface area contributed by atoms with E-state index < -0.39 is 11.0 Å². The number of nitrogens with zero attached hydrogens (tertiary/aromatic N) is 1. The van der Waals surface area contributed by atoms with E-state index in [1.807, 2.05) is 51.4 Å². The smallest absolute Gasteiger partial charge is 0.315 e. The fourth-order valence-electron chi connectivity index (χ4n) is 4.06. The molecule has 2 atom stereocenters. The molecule has 1 N–H and O–H groups in total. The van der Waals surface area contributed by atoms with Gasteiger partial charge < -0.3 is 14.7 Å². The van der Waals surface area contributed by atoms with Crippen molar-refractivity contribution < 1.29 is 14.6 Å². The number of carbonyl (C=O) groups excluding carboxylic acids is 1. The Morgan fingerprint density at radius 1 is 1.21 bits per heavy atom. The van der Waals surface area contributed by atoms with E-state index >= 15 is 0 Å². The van der Waals surface area contributed by atoms with Crippen LogP contribution in [0.1, 0.15) is 51.0 Å². The standard InChI is InChI=1S/C20H31NO3/c1-4-24-18(22)19(14-10-16-21(2)3)13-8-9-15-20(19,23)17-11-6-5-7-12-17/h5-7,11-12,23H,4,8-10,13-16H2,1-3H3. The summed E-state index contributed by atoms with van der Waals surface area (Å²) in [5.74, 6) is -0.241. The Hall–Kier alpha value is -1.39. The SMILES string of the molecule is CCOC(=O)C1(CCCN(C)C)CCCCC1(O)c1ccccc1. The highest BCUT2D eigenvalue weighted by Gasteiger charge is 2.58. The molecule has 0 aromatic heterocycles. The monoisotopic (exact) mass is 333 g/mol. The van der Waals surface area contributed by atoms with Gasteiger partial charge in [-0.1, -0.05) is 43.2 Å². The molecule has 0 bridgehead atoms. The molecule has 4 nitrogen and oxygen atoms in total. The third-order valence-electron chi connectivity index (χ3n) is 5.31. The van der Waals surface area contributed by atoms with Crippen molar-refractivity contribution >= 4 is 5.97 Å². The van der Waals surface area contributed by atoms with Crippen molar-refractivity contribution in [1.82, 2.24) is 4.90 Å². The topological polar surface area (TPSA) is 49.8 Å². The molecule has 0 aliphatic heterocycles. The fourth-order valence-corrected chi connectivity index (χ4v) is 4.06. The molecule has 1 aromatic rings. The van der Waals surface area contributed by atoms with Crippen molar-refractivity contribution in [2.75, 3.05) is 27.2 Å². The van der Waals surface area contributed by atoms with Gasteiger partial charge >= 0.3 is 5.97 Å². The van der Waals surface area contributed by atoms with E-state index in [1.165, 1.54) is 0 Å². The van der Waals surface area contributed by atoms with Crippen molar-refractivity contribution in [3.8, 4) is 0 Å². The average molecular weight is 333 g/mol. The average Bonchev–Trinajstić information content (AvgIpc) is 2.57. The lowest BCUT2D eigenvalue weighted by molar-refractivity contribution is -0.188. The van der Waals surface area contributed by atoms with E-state index in [1.54, 1.807) is 0 Å². The second kappa shape index (κ2) is 8.13. The van der Waals surface area contributed by atoms with Gasteiger partial charge in [-0.15, -0.1) is 0 Å². The number of esters is 1. The van der Waals surface area contributed by atoms with Gasteiger partial charge in [-0.3, -0.25) is 4.79 Å². The van der Waals surface area contributed by atoms with Gasteiger partial charge in [-0.25, -0.2) is 0 Å². The molecule has 24 heavy (non-hydrogen) atoms. The summed E-state index contributed by atoms with van der Waals surface area (Å²) in [5.41, 5.74) is -1.16. The van der Waals surface area contributed by atoms with Crippen LogP contribution in [0.25, 0.3) is 0 Å². The molecule has 0 spiro atoms. The van der Waals surface area contributed by atoms with Gasteiger partial charge in [-0.05, 0) is 58.8 Å². The summed E-state index contributed by atoms with van der Waals surface area (Å²) in [5, 5.41) is 11.7. The number of ether oxygens (including phenoxy) is 1. The van der Waals surface area contributed by atoms with Gasteiger partial charge in [0.15, 0.2) is 0 Å². The fraction of sp³-hybridized carbons (Fsp3) is 0.650. The summed E-state index contributed by atoms with van der Waals surface area (Å²) in [4.78, 5) is 15.1. The summed E-state index contributed by atoms with van der Waals surface area (Å²) in [6.07, 6.45) is 4.69. The van der Waals surface area contributed by atoms with Crippen molar-refractivity contribution in [2.45, 2.75) is 51.0 Å². The summed E-state index contributed by atoms with van der Waals surface area (Å²) in [7, 11) is 4.06. The third-order valence-corrected chi connectivity index (χ3v) is 5.31. The van der Waals surface area contributed by atoms with E-state index in [0.717, 1.165) is 31.4 Å². The Morgan fingerprint density at radius 2 is 1.88 bits per heavy atom. The zero-order valence-electron chi connectivity index (χ0n) is 15.3. The summed E-state index contributed by atoms with van der Waals surface area (Å²) < 4.78 is 5.45. The van der Waals surface area contributed by atoms with Crippen LogP contribution in [0.15, 0.2) is 30.3 Å². The number of hydrogen-bond acceptors (Lipinski definition) is 4. The highest BCUT2D eigenvalue weighted by molar-refractivity contribution is 5.79. The highest BCUT2D eigenvalue weighted by Crippen LogP contribution is 2.54. The molecular formula is C20H31NO3. The maximum Gasteiger partial charge on any atom is 0.315 e. The summed E-state index contributed by atoms with van der Waals surface area (Å²) in [6, 6.07) is 9.67. The summed E-state index contributed by atoms with van der Waals surface area (Å²) >= 11 is 0. The maximum absolute atomic E-state index is 13.0. The maximum atomic E-state index is 13.0. The van der Waals surface area contributed by atoms with Crippen LogP contribution in [0.2, 0.25) is 0 Å². The molecule has 0 radical (unpaired) electrons. The van der Waals surface area contributed by atoms with Crippen molar-refractivity contribution in [1.29, 1.82) is 0 Å². The molecular weight excluding hydrogens is 302 g/mol. The molecule has 0 saturated heterocycles. The first-order valence-electron chi connectivity index (χ1n) is 9.06. The second-order valence-corrected chi connectivity index (χ2v) is 7.14. The van der Waals surface area contributed by atoms with Gasteiger partial charge in [0.1, 0.15) is 11.0 Å².